The van der Waals surface area contributed by atoms with Gasteiger partial charge in [0.15, 0.2) is 6.10 Å². The van der Waals surface area contributed by atoms with E-state index in [1.54, 1.807) is 6.07 Å². The largest absolute Gasteiger partial charge is 0.481 e. The van der Waals surface area contributed by atoms with Gasteiger partial charge >= 0.3 is 6.18 Å². The summed E-state index contributed by atoms with van der Waals surface area (Å²) in [7, 11) is 0. The van der Waals surface area contributed by atoms with Crippen molar-refractivity contribution < 1.29 is 23.0 Å². The maximum absolute atomic E-state index is 12.5. The van der Waals surface area contributed by atoms with Crippen molar-refractivity contribution in [3.63, 3.8) is 0 Å². The van der Waals surface area contributed by atoms with Crippen LogP contribution < -0.4 is 10.5 Å². The Hall–Kier alpha value is -1.27. The van der Waals surface area contributed by atoms with E-state index in [2.05, 4.69) is 0 Å². The van der Waals surface area contributed by atoms with Crippen LogP contribution >= 0.6 is 0 Å². The van der Waals surface area contributed by atoms with Gasteiger partial charge in [0.05, 0.1) is 6.61 Å². The quantitative estimate of drug-likeness (QED) is 0.837. The Morgan fingerprint density at radius 2 is 2.06 bits per heavy atom. The van der Waals surface area contributed by atoms with Gasteiger partial charge in [-0.1, -0.05) is 12.1 Å². The van der Waals surface area contributed by atoms with Gasteiger partial charge in [-0.3, -0.25) is 0 Å². The van der Waals surface area contributed by atoms with E-state index in [-0.39, 0.29) is 25.3 Å². The third-order valence-corrected chi connectivity index (χ3v) is 2.15. The summed E-state index contributed by atoms with van der Waals surface area (Å²) >= 11 is 0. The van der Waals surface area contributed by atoms with E-state index in [0.29, 0.717) is 5.56 Å². The van der Waals surface area contributed by atoms with Crippen molar-refractivity contribution in [2.24, 2.45) is 5.73 Å². The molecule has 0 fully saturated rings. The molecule has 6 heteroatoms. The van der Waals surface area contributed by atoms with E-state index in [1.807, 2.05) is 0 Å². The first-order valence-electron chi connectivity index (χ1n) is 5.10. The molecule has 3 N–H and O–H groups in total. The van der Waals surface area contributed by atoms with Crippen LogP contribution in [0.1, 0.15) is 12.0 Å². The normalized spacial score (nSPS) is 13.5. The number of nitrogens with two attached hydrogens (primary N) is 1. The minimum Gasteiger partial charge on any atom is -0.481 e. The fraction of sp³-hybridized carbons (Fsp3) is 0.455. The molecule has 1 aromatic rings. The first-order valence-corrected chi connectivity index (χ1v) is 5.10. The Kier molecular flexibility index (Phi) is 4.77. The smallest absolute Gasteiger partial charge is 0.425 e. The summed E-state index contributed by atoms with van der Waals surface area (Å²) in [5.41, 5.74) is 5.61. The van der Waals surface area contributed by atoms with Gasteiger partial charge in [0.2, 0.25) is 0 Å². The van der Waals surface area contributed by atoms with E-state index in [1.165, 1.54) is 18.2 Å². The molecule has 0 spiro atoms. The molecule has 0 aliphatic carbocycles. The minimum absolute atomic E-state index is 0.0762. The Labute approximate surface area is 97.0 Å². The zero-order chi connectivity index (χ0) is 12.9. The number of hydrogen-bond donors (Lipinski definition) is 2. The van der Waals surface area contributed by atoms with Crippen LogP contribution in [0.4, 0.5) is 13.2 Å². The zero-order valence-electron chi connectivity index (χ0n) is 9.07. The Balaban J connectivity index is 2.78. The molecule has 1 atom stereocenters. The molecule has 0 aromatic heterocycles. The number of halogens is 3. The molecule has 0 saturated heterocycles. The van der Waals surface area contributed by atoms with Crippen LogP contribution in [-0.4, -0.2) is 23.9 Å². The van der Waals surface area contributed by atoms with Crippen LogP contribution in [0.5, 0.6) is 5.75 Å². The van der Waals surface area contributed by atoms with Crippen molar-refractivity contribution in [2.75, 3.05) is 6.54 Å². The van der Waals surface area contributed by atoms with Crippen LogP contribution in [0, 0.1) is 0 Å². The SMILES string of the molecule is NCCC(Oc1cccc(CO)c1)C(F)(F)F. The number of rotatable bonds is 5. The lowest BCUT2D eigenvalue weighted by Crippen LogP contribution is -2.36. The lowest BCUT2D eigenvalue weighted by atomic mass is 10.2. The maximum atomic E-state index is 12.5. The molecule has 17 heavy (non-hydrogen) atoms. The first-order chi connectivity index (χ1) is 7.97. The molecule has 3 nitrogen and oxygen atoms in total. The van der Waals surface area contributed by atoms with Crippen LogP contribution in [0.2, 0.25) is 0 Å². The van der Waals surface area contributed by atoms with Crippen molar-refractivity contribution in [3.05, 3.63) is 29.8 Å². The monoisotopic (exact) mass is 249 g/mol. The van der Waals surface area contributed by atoms with Crippen molar-refractivity contribution in [3.8, 4) is 5.75 Å². The highest BCUT2D eigenvalue weighted by Crippen LogP contribution is 2.27. The minimum atomic E-state index is -4.45. The molecule has 0 bridgehead atoms. The van der Waals surface area contributed by atoms with Gasteiger partial charge in [0, 0.05) is 6.42 Å². The number of alkyl halides is 3. The Bertz CT molecular complexity index is 355. The second kappa shape index (κ2) is 5.88. The predicted octanol–water partition coefficient (Wildman–Crippen LogP) is 1.84. The highest BCUT2D eigenvalue weighted by atomic mass is 19.4. The molecule has 1 unspecified atom stereocenters. The van der Waals surface area contributed by atoms with Gasteiger partial charge < -0.3 is 15.6 Å². The van der Waals surface area contributed by atoms with Gasteiger partial charge in [0.1, 0.15) is 5.75 Å². The van der Waals surface area contributed by atoms with Gasteiger partial charge in [0.25, 0.3) is 0 Å². The van der Waals surface area contributed by atoms with Crippen molar-refractivity contribution in [1.29, 1.82) is 0 Å². The van der Waals surface area contributed by atoms with Crippen molar-refractivity contribution in [2.45, 2.75) is 25.3 Å². The second-order valence-electron chi connectivity index (χ2n) is 3.53. The maximum Gasteiger partial charge on any atom is 0.425 e. The lowest BCUT2D eigenvalue weighted by molar-refractivity contribution is -0.196. The zero-order valence-corrected chi connectivity index (χ0v) is 9.07. The van der Waals surface area contributed by atoms with Gasteiger partial charge in [-0.2, -0.15) is 13.2 Å². The Morgan fingerprint density at radius 3 is 2.59 bits per heavy atom. The van der Waals surface area contributed by atoms with E-state index >= 15 is 0 Å². The summed E-state index contributed by atoms with van der Waals surface area (Å²) in [6, 6.07) is 5.90. The van der Waals surface area contributed by atoms with Gasteiger partial charge in [-0.25, -0.2) is 0 Å². The van der Waals surface area contributed by atoms with Gasteiger partial charge in [-0.15, -0.1) is 0 Å². The van der Waals surface area contributed by atoms with Crippen molar-refractivity contribution >= 4 is 0 Å². The van der Waals surface area contributed by atoms with Crippen LogP contribution in [0.3, 0.4) is 0 Å². The molecule has 1 aromatic carbocycles. The van der Waals surface area contributed by atoms with E-state index < -0.39 is 12.3 Å². The highest BCUT2D eigenvalue weighted by molar-refractivity contribution is 5.28. The standard InChI is InChI=1S/C11H14F3NO2/c12-11(13,14)10(4-5-15)17-9-3-1-2-8(6-9)7-16/h1-3,6,10,16H,4-5,7,15H2. The summed E-state index contributed by atoms with van der Waals surface area (Å²) in [5, 5.41) is 8.86. The average Bonchev–Trinajstić information content (AvgIpc) is 2.27. The average molecular weight is 249 g/mol. The second-order valence-corrected chi connectivity index (χ2v) is 3.53. The topological polar surface area (TPSA) is 55.5 Å². The molecule has 0 saturated carbocycles. The number of ether oxygens (including phenoxy) is 1. The first kappa shape index (κ1) is 13.8. The van der Waals surface area contributed by atoms with E-state index in [4.69, 9.17) is 15.6 Å². The van der Waals surface area contributed by atoms with Crippen molar-refractivity contribution in [1.82, 2.24) is 0 Å². The Morgan fingerprint density at radius 1 is 1.35 bits per heavy atom. The van der Waals surface area contributed by atoms with E-state index in [9.17, 15) is 13.2 Å². The number of aliphatic hydroxyl groups is 1. The fourth-order valence-electron chi connectivity index (χ4n) is 1.32. The third-order valence-electron chi connectivity index (χ3n) is 2.15. The molecule has 1 rings (SSSR count). The summed E-state index contributed by atoms with van der Waals surface area (Å²) in [6.07, 6.45) is -6.66. The number of aliphatic hydroxyl groups excluding tert-OH is 1. The molecule has 0 aliphatic rings. The predicted molar refractivity (Wildman–Crippen MR) is 56.5 cm³/mol. The van der Waals surface area contributed by atoms with Gasteiger partial charge in [-0.05, 0) is 24.2 Å². The molecular formula is C11H14F3NO2. The van der Waals surface area contributed by atoms with E-state index in [0.717, 1.165) is 0 Å². The summed E-state index contributed by atoms with van der Waals surface area (Å²) < 4.78 is 42.5. The van der Waals surface area contributed by atoms with Crippen LogP contribution in [-0.2, 0) is 6.61 Å². The lowest BCUT2D eigenvalue weighted by Gasteiger charge is -2.21. The molecule has 96 valence electrons. The fourth-order valence-corrected chi connectivity index (χ4v) is 1.32. The molecule has 0 amide bonds. The molecule has 0 aliphatic heterocycles. The summed E-state index contributed by atoms with van der Waals surface area (Å²) in [6.45, 7) is -0.353. The molecule has 0 heterocycles. The van der Waals surface area contributed by atoms with Crippen LogP contribution in [0.15, 0.2) is 24.3 Å². The summed E-state index contributed by atoms with van der Waals surface area (Å²) in [5.74, 6) is 0.0762. The molecular weight excluding hydrogens is 235 g/mol. The highest BCUT2D eigenvalue weighted by Gasteiger charge is 2.41. The third kappa shape index (κ3) is 4.24. The number of hydrogen-bond acceptors (Lipinski definition) is 3. The number of benzene rings is 1. The van der Waals surface area contributed by atoms with Crippen LogP contribution in [0.25, 0.3) is 0 Å². The molecule has 0 radical (unpaired) electrons. The summed E-state index contributed by atoms with van der Waals surface area (Å²) in [4.78, 5) is 0.